The fraction of sp³-hybridized carbons (Fsp3) is 0.462. The second-order valence-corrected chi connectivity index (χ2v) is 7.11. The van der Waals surface area contributed by atoms with Crippen LogP contribution in [0.3, 0.4) is 0 Å². The molecule has 1 aromatic rings. The lowest BCUT2D eigenvalue weighted by Gasteiger charge is -2.47. The number of nitrogens with zero attached hydrogens (tertiary/aromatic N) is 2. The van der Waals surface area contributed by atoms with E-state index in [1.54, 1.807) is 0 Å². The lowest BCUT2D eigenvalue weighted by molar-refractivity contribution is -0.0932. The minimum Gasteiger partial charge on any atom is -0.387 e. The molecule has 19 heavy (non-hydrogen) atoms. The fourth-order valence-electron chi connectivity index (χ4n) is 1.95. The van der Waals surface area contributed by atoms with Crippen LogP contribution in [0.2, 0.25) is 0 Å². The molecule has 102 valence electrons. The van der Waals surface area contributed by atoms with E-state index in [4.69, 9.17) is 5.26 Å². The Morgan fingerprint density at radius 3 is 2.26 bits per heavy atom. The highest BCUT2D eigenvalue weighted by atomic mass is 32.2. The minimum absolute atomic E-state index is 0.0138. The number of hydrogen-bond acceptors (Lipinski definition) is 4. The first-order valence-corrected chi connectivity index (χ1v) is 7.46. The summed E-state index contributed by atoms with van der Waals surface area (Å²) in [6.45, 7) is 3.97. The number of rotatable bonds is 3. The Morgan fingerprint density at radius 2 is 1.84 bits per heavy atom. The summed E-state index contributed by atoms with van der Waals surface area (Å²) in [6.07, 6.45) is 0. The van der Waals surface area contributed by atoms with Crippen molar-refractivity contribution in [3.63, 3.8) is 0 Å². The van der Waals surface area contributed by atoms with Gasteiger partial charge in [0, 0.05) is 13.1 Å². The standard InChI is InChI=1S/C13H16N2O3S/c1-10(2)13(16)8-15(9-13)19(17,18)12-5-3-11(7-14)4-6-12/h3-6,10,16H,8-9H2,1-2H3. The number of β-amino-alcohol motifs (C(OH)–C–C–N with tert-alkyl or cyclic N) is 1. The molecule has 0 bridgehead atoms. The second-order valence-electron chi connectivity index (χ2n) is 5.17. The third kappa shape index (κ3) is 2.37. The summed E-state index contributed by atoms with van der Waals surface area (Å²) in [6, 6.07) is 7.72. The monoisotopic (exact) mass is 280 g/mol. The first-order valence-electron chi connectivity index (χ1n) is 6.02. The van der Waals surface area contributed by atoms with Gasteiger partial charge in [0.25, 0.3) is 0 Å². The quantitative estimate of drug-likeness (QED) is 0.893. The molecule has 1 aromatic carbocycles. The second kappa shape index (κ2) is 4.60. The predicted molar refractivity (Wildman–Crippen MR) is 69.7 cm³/mol. The first kappa shape index (κ1) is 14.0. The third-order valence-electron chi connectivity index (χ3n) is 3.60. The number of nitriles is 1. The van der Waals surface area contributed by atoms with E-state index >= 15 is 0 Å². The molecule has 6 heteroatoms. The van der Waals surface area contributed by atoms with Gasteiger partial charge in [-0.1, -0.05) is 13.8 Å². The average molecular weight is 280 g/mol. The Kier molecular flexibility index (Phi) is 3.39. The average Bonchev–Trinajstić information content (AvgIpc) is 2.34. The zero-order valence-electron chi connectivity index (χ0n) is 10.9. The van der Waals surface area contributed by atoms with E-state index in [0.717, 1.165) is 0 Å². The normalized spacial score (nSPS) is 18.9. The molecule has 0 aliphatic carbocycles. The van der Waals surface area contributed by atoms with Crippen molar-refractivity contribution in [2.45, 2.75) is 24.3 Å². The van der Waals surface area contributed by atoms with Gasteiger partial charge in [-0.3, -0.25) is 0 Å². The summed E-state index contributed by atoms with van der Waals surface area (Å²) in [5, 5.41) is 18.8. The van der Waals surface area contributed by atoms with E-state index in [9.17, 15) is 13.5 Å². The van der Waals surface area contributed by atoms with Gasteiger partial charge in [-0.05, 0) is 30.2 Å². The van der Waals surface area contributed by atoms with Crippen LogP contribution in [0.25, 0.3) is 0 Å². The van der Waals surface area contributed by atoms with Crippen LogP contribution in [0.4, 0.5) is 0 Å². The maximum absolute atomic E-state index is 12.3. The molecule has 1 aliphatic heterocycles. The van der Waals surface area contributed by atoms with Crippen molar-refractivity contribution in [1.29, 1.82) is 5.26 Å². The van der Waals surface area contributed by atoms with Gasteiger partial charge in [0.2, 0.25) is 10.0 Å². The number of sulfonamides is 1. The third-order valence-corrected chi connectivity index (χ3v) is 5.40. The number of hydrogen-bond donors (Lipinski definition) is 1. The molecule has 0 unspecified atom stereocenters. The molecule has 0 aromatic heterocycles. The molecule has 1 aliphatic rings. The lowest BCUT2D eigenvalue weighted by atomic mass is 9.85. The molecule has 5 nitrogen and oxygen atoms in total. The molecule has 1 N–H and O–H groups in total. The van der Waals surface area contributed by atoms with Gasteiger partial charge in [-0.15, -0.1) is 0 Å². The van der Waals surface area contributed by atoms with Gasteiger partial charge < -0.3 is 5.11 Å². The maximum atomic E-state index is 12.3. The van der Waals surface area contributed by atoms with E-state index < -0.39 is 15.6 Å². The van der Waals surface area contributed by atoms with Crippen LogP contribution in [0.5, 0.6) is 0 Å². The molecule has 0 atom stereocenters. The molecular weight excluding hydrogens is 264 g/mol. The maximum Gasteiger partial charge on any atom is 0.243 e. The minimum atomic E-state index is -3.57. The van der Waals surface area contributed by atoms with Crippen LogP contribution in [-0.2, 0) is 10.0 Å². The molecule has 2 rings (SSSR count). The summed E-state index contributed by atoms with van der Waals surface area (Å²) in [5.74, 6) is 0.0138. The summed E-state index contributed by atoms with van der Waals surface area (Å²) in [5.41, 5.74) is -0.513. The molecule has 1 fully saturated rings. The van der Waals surface area contributed by atoms with Gasteiger partial charge in [-0.2, -0.15) is 9.57 Å². The van der Waals surface area contributed by atoms with E-state index in [2.05, 4.69) is 0 Å². The van der Waals surface area contributed by atoms with Crippen molar-refractivity contribution in [3.8, 4) is 6.07 Å². The van der Waals surface area contributed by atoms with Crippen LogP contribution in [0.15, 0.2) is 29.2 Å². The molecule has 0 radical (unpaired) electrons. The fourth-order valence-corrected chi connectivity index (χ4v) is 3.52. The first-order chi connectivity index (χ1) is 8.79. The van der Waals surface area contributed by atoms with Crippen molar-refractivity contribution in [1.82, 2.24) is 4.31 Å². The van der Waals surface area contributed by atoms with Crippen molar-refractivity contribution < 1.29 is 13.5 Å². The molecular formula is C13H16N2O3S. The van der Waals surface area contributed by atoms with E-state index in [-0.39, 0.29) is 23.9 Å². The van der Waals surface area contributed by atoms with Crippen LogP contribution in [-0.4, -0.2) is 36.5 Å². The zero-order chi connectivity index (χ0) is 14.3. The zero-order valence-corrected chi connectivity index (χ0v) is 11.7. The van der Waals surface area contributed by atoms with Crippen molar-refractivity contribution in [2.24, 2.45) is 5.92 Å². The summed E-state index contributed by atoms with van der Waals surface area (Å²) in [7, 11) is -3.57. The van der Waals surface area contributed by atoms with Gasteiger partial charge >= 0.3 is 0 Å². The predicted octanol–water partition coefficient (Wildman–Crippen LogP) is 0.950. The topological polar surface area (TPSA) is 81.4 Å². The highest BCUT2D eigenvalue weighted by Gasteiger charge is 2.48. The van der Waals surface area contributed by atoms with Crippen molar-refractivity contribution in [3.05, 3.63) is 29.8 Å². The molecule has 0 amide bonds. The Labute approximate surface area is 113 Å². The van der Waals surface area contributed by atoms with E-state index in [1.807, 2.05) is 19.9 Å². The number of benzene rings is 1. The SMILES string of the molecule is CC(C)C1(O)CN(S(=O)(=O)c2ccc(C#N)cc2)C1. The molecule has 0 saturated carbocycles. The van der Waals surface area contributed by atoms with Crippen LogP contribution in [0.1, 0.15) is 19.4 Å². The Morgan fingerprint density at radius 1 is 1.32 bits per heavy atom. The summed E-state index contributed by atoms with van der Waals surface area (Å²) in [4.78, 5) is 0.150. The molecule has 1 heterocycles. The highest BCUT2D eigenvalue weighted by Crippen LogP contribution is 2.33. The van der Waals surface area contributed by atoms with E-state index in [0.29, 0.717) is 5.56 Å². The van der Waals surface area contributed by atoms with Crippen LogP contribution < -0.4 is 0 Å². The van der Waals surface area contributed by atoms with Gasteiger partial charge in [0.05, 0.1) is 22.1 Å². The highest BCUT2D eigenvalue weighted by molar-refractivity contribution is 7.89. The van der Waals surface area contributed by atoms with Gasteiger partial charge in [0.1, 0.15) is 0 Å². The smallest absolute Gasteiger partial charge is 0.243 e. The molecule has 1 saturated heterocycles. The van der Waals surface area contributed by atoms with Crippen molar-refractivity contribution >= 4 is 10.0 Å². The van der Waals surface area contributed by atoms with Gasteiger partial charge in [0.15, 0.2) is 0 Å². The largest absolute Gasteiger partial charge is 0.387 e. The Bertz CT molecular complexity index is 608. The van der Waals surface area contributed by atoms with E-state index in [1.165, 1.54) is 28.6 Å². The van der Waals surface area contributed by atoms with Crippen LogP contribution >= 0.6 is 0 Å². The number of aliphatic hydroxyl groups is 1. The lowest BCUT2D eigenvalue weighted by Crippen LogP contribution is -2.65. The Balaban J connectivity index is 2.19. The van der Waals surface area contributed by atoms with Crippen LogP contribution in [0, 0.1) is 17.2 Å². The summed E-state index contributed by atoms with van der Waals surface area (Å²) >= 11 is 0. The van der Waals surface area contributed by atoms with Crippen molar-refractivity contribution in [2.75, 3.05) is 13.1 Å². The summed E-state index contributed by atoms with van der Waals surface area (Å²) < 4.78 is 25.8. The van der Waals surface area contributed by atoms with Gasteiger partial charge in [-0.25, -0.2) is 8.42 Å². The Hall–Kier alpha value is -1.42. The molecule has 0 spiro atoms.